The summed E-state index contributed by atoms with van der Waals surface area (Å²) in [5, 5.41) is 0. The molecule has 0 fully saturated rings. The second-order valence-corrected chi connectivity index (χ2v) is 2.86. The summed E-state index contributed by atoms with van der Waals surface area (Å²) in [7, 11) is 0. The van der Waals surface area contributed by atoms with Crippen molar-refractivity contribution in [2.75, 3.05) is 5.73 Å². The Kier molecular flexibility index (Phi) is 3.04. The number of nitrogens with two attached hydrogens (primary N) is 2. The zero-order valence-electron chi connectivity index (χ0n) is 7.93. The van der Waals surface area contributed by atoms with E-state index in [1.165, 1.54) is 13.1 Å². The van der Waals surface area contributed by atoms with Gasteiger partial charge in [-0.2, -0.15) is 0 Å². The maximum absolute atomic E-state index is 12.0. The van der Waals surface area contributed by atoms with Crippen LogP contribution in [-0.4, -0.2) is 11.3 Å². The molecule has 0 aliphatic heterocycles. The lowest BCUT2D eigenvalue weighted by Crippen LogP contribution is -2.20. The van der Waals surface area contributed by atoms with Crippen LogP contribution in [0, 0.1) is 6.92 Å². The standard InChI is InChI=1S/C8H10F3N3O/c1-4-7(15-8(9,10)11)6(13)5(2-12)3-14-4/h3H,2,12H2,1H3,(H2,13,14). The molecule has 0 unspecified atom stereocenters. The summed E-state index contributed by atoms with van der Waals surface area (Å²) in [4.78, 5) is 3.71. The van der Waals surface area contributed by atoms with Crippen molar-refractivity contribution in [2.45, 2.75) is 19.8 Å². The smallest absolute Gasteiger partial charge is 0.402 e. The molecule has 0 aliphatic carbocycles. The van der Waals surface area contributed by atoms with Gasteiger partial charge in [-0.1, -0.05) is 0 Å². The molecule has 0 bridgehead atoms. The second-order valence-electron chi connectivity index (χ2n) is 2.86. The summed E-state index contributed by atoms with van der Waals surface area (Å²) in [6.45, 7) is 1.38. The number of halogens is 3. The third-order valence-electron chi connectivity index (χ3n) is 1.77. The highest BCUT2D eigenvalue weighted by molar-refractivity contribution is 5.59. The van der Waals surface area contributed by atoms with Crippen LogP contribution in [0.5, 0.6) is 5.75 Å². The summed E-state index contributed by atoms with van der Waals surface area (Å²) >= 11 is 0. The molecule has 0 atom stereocenters. The van der Waals surface area contributed by atoms with Crippen LogP contribution in [0.2, 0.25) is 0 Å². The van der Waals surface area contributed by atoms with Gasteiger partial charge in [0.05, 0.1) is 11.4 Å². The number of nitrogens with zero attached hydrogens (tertiary/aromatic N) is 1. The number of aromatic nitrogens is 1. The highest BCUT2D eigenvalue weighted by atomic mass is 19.4. The molecule has 1 aromatic rings. The van der Waals surface area contributed by atoms with Crippen LogP contribution in [0.3, 0.4) is 0 Å². The van der Waals surface area contributed by atoms with E-state index in [1.54, 1.807) is 0 Å². The lowest BCUT2D eigenvalue weighted by Gasteiger charge is -2.14. The minimum atomic E-state index is -4.78. The number of nitrogen functional groups attached to an aromatic ring is 1. The Balaban J connectivity index is 3.15. The van der Waals surface area contributed by atoms with Crippen LogP contribution in [0.4, 0.5) is 18.9 Å². The van der Waals surface area contributed by atoms with E-state index in [-0.39, 0.29) is 17.9 Å². The average Bonchev–Trinajstić information content (AvgIpc) is 2.11. The molecule has 0 aliphatic rings. The van der Waals surface area contributed by atoms with Crippen molar-refractivity contribution in [1.82, 2.24) is 4.98 Å². The first-order valence-electron chi connectivity index (χ1n) is 4.05. The van der Waals surface area contributed by atoms with Crippen molar-refractivity contribution in [3.05, 3.63) is 17.5 Å². The van der Waals surface area contributed by atoms with Gasteiger partial charge < -0.3 is 16.2 Å². The lowest BCUT2D eigenvalue weighted by molar-refractivity contribution is -0.274. The second kappa shape index (κ2) is 3.93. The SMILES string of the molecule is Cc1ncc(CN)c(N)c1OC(F)(F)F. The Labute approximate surface area is 84.0 Å². The van der Waals surface area contributed by atoms with Crippen molar-refractivity contribution in [2.24, 2.45) is 5.73 Å². The van der Waals surface area contributed by atoms with Crippen LogP contribution in [0.1, 0.15) is 11.3 Å². The number of aryl methyl sites for hydroxylation is 1. The molecule has 0 spiro atoms. The summed E-state index contributed by atoms with van der Waals surface area (Å²) < 4.78 is 39.8. The largest absolute Gasteiger partial charge is 0.573 e. The van der Waals surface area contributed by atoms with E-state index >= 15 is 0 Å². The molecule has 4 nitrogen and oxygen atoms in total. The van der Waals surface area contributed by atoms with Gasteiger partial charge in [-0.15, -0.1) is 13.2 Å². The first-order valence-corrected chi connectivity index (χ1v) is 4.05. The summed E-state index contributed by atoms with van der Waals surface area (Å²) in [5.74, 6) is -0.481. The van der Waals surface area contributed by atoms with Crippen LogP contribution in [0.15, 0.2) is 6.20 Å². The Bertz CT molecular complexity index is 365. The predicted octanol–water partition coefficient (Wildman–Crippen LogP) is 1.33. The molecule has 1 heterocycles. The maximum Gasteiger partial charge on any atom is 0.573 e. The Morgan fingerprint density at radius 2 is 2.07 bits per heavy atom. The van der Waals surface area contributed by atoms with Gasteiger partial charge in [-0.25, -0.2) is 0 Å². The quantitative estimate of drug-likeness (QED) is 0.790. The molecule has 4 N–H and O–H groups in total. The Morgan fingerprint density at radius 3 is 2.53 bits per heavy atom. The van der Waals surface area contributed by atoms with Crippen molar-refractivity contribution in [1.29, 1.82) is 0 Å². The highest BCUT2D eigenvalue weighted by Crippen LogP contribution is 2.32. The summed E-state index contributed by atoms with van der Waals surface area (Å²) in [6.07, 6.45) is -3.46. The van der Waals surface area contributed by atoms with Crippen molar-refractivity contribution in [3.8, 4) is 5.75 Å². The molecule has 0 aromatic carbocycles. The molecular formula is C8H10F3N3O. The fraction of sp³-hybridized carbons (Fsp3) is 0.375. The van der Waals surface area contributed by atoms with Gasteiger partial charge >= 0.3 is 6.36 Å². The minimum Gasteiger partial charge on any atom is -0.402 e. The number of anilines is 1. The number of pyridine rings is 1. The van der Waals surface area contributed by atoms with Crippen molar-refractivity contribution < 1.29 is 17.9 Å². The third kappa shape index (κ3) is 2.72. The van der Waals surface area contributed by atoms with Crippen molar-refractivity contribution >= 4 is 5.69 Å². The van der Waals surface area contributed by atoms with Gasteiger partial charge in [0.15, 0.2) is 5.75 Å². The highest BCUT2D eigenvalue weighted by Gasteiger charge is 2.33. The number of hydrogen-bond acceptors (Lipinski definition) is 4. The normalized spacial score (nSPS) is 11.5. The molecule has 0 saturated heterocycles. The molecule has 0 radical (unpaired) electrons. The van der Waals surface area contributed by atoms with E-state index in [0.29, 0.717) is 5.56 Å². The molecule has 0 saturated carbocycles. The number of ether oxygens (including phenoxy) is 1. The Morgan fingerprint density at radius 1 is 1.47 bits per heavy atom. The van der Waals surface area contributed by atoms with E-state index in [4.69, 9.17) is 11.5 Å². The number of rotatable bonds is 2. The summed E-state index contributed by atoms with van der Waals surface area (Å²) in [5.41, 5.74) is 11.0. The van der Waals surface area contributed by atoms with Crippen LogP contribution in [0.25, 0.3) is 0 Å². The summed E-state index contributed by atoms with van der Waals surface area (Å²) in [6, 6.07) is 0. The van der Waals surface area contributed by atoms with Gasteiger partial charge in [0, 0.05) is 18.3 Å². The molecule has 1 aromatic heterocycles. The molecule has 1 rings (SSSR count). The lowest BCUT2D eigenvalue weighted by atomic mass is 10.2. The topological polar surface area (TPSA) is 74.2 Å². The van der Waals surface area contributed by atoms with Crippen LogP contribution in [-0.2, 0) is 6.54 Å². The van der Waals surface area contributed by atoms with E-state index < -0.39 is 12.1 Å². The maximum atomic E-state index is 12.0. The Hall–Kier alpha value is -1.50. The molecule has 84 valence electrons. The number of alkyl halides is 3. The monoisotopic (exact) mass is 221 g/mol. The molecular weight excluding hydrogens is 211 g/mol. The van der Waals surface area contributed by atoms with E-state index in [0.717, 1.165) is 0 Å². The zero-order chi connectivity index (χ0) is 11.6. The molecule has 15 heavy (non-hydrogen) atoms. The third-order valence-corrected chi connectivity index (χ3v) is 1.77. The van der Waals surface area contributed by atoms with E-state index in [2.05, 4.69) is 9.72 Å². The molecule has 7 heteroatoms. The van der Waals surface area contributed by atoms with E-state index in [1.807, 2.05) is 0 Å². The van der Waals surface area contributed by atoms with E-state index in [9.17, 15) is 13.2 Å². The minimum absolute atomic E-state index is 0.00727. The predicted molar refractivity (Wildman–Crippen MR) is 48.0 cm³/mol. The van der Waals surface area contributed by atoms with Gasteiger partial charge in [0.2, 0.25) is 0 Å². The first kappa shape index (κ1) is 11.6. The fourth-order valence-electron chi connectivity index (χ4n) is 1.05. The zero-order valence-corrected chi connectivity index (χ0v) is 7.93. The average molecular weight is 221 g/mol. The first-order chi connectivity index (χ1) is 6.85. The van der Waals surface area contributed by atoms with Gasteiger partial charge in [-0.05, 0) is 6.92 Å². The van der Waals surface area contributed by atoms with Gasteiger partial charge in [0.25, 0.3) is 0 Å². The van der Waals surface area contributed by atoms with Crippen molar-refractivity contribution in [3.63, 3.8) is 0 Å². The fourth-order valence-corrected chi connectivity index (χ4v) is 1.05. The number of hydrogen-bond donors (Lipinski definition) is 2. The van der Waals surface area contributed by atoms with Crippen LogP contribution >= 0.6 is 0 Å². The van der Waals surface area contributed by atoms with Crippen LogP contribution < -0.4 is 16.2 Å². The van der Waals surface area contributed by atoms with Gasteiger partial charge in [-0.3, -0.25) is 4.98 Å². The van der Waals surface area contributed by atoms with Gasteiger partial charge in [0.1, 0.15) is 0 Å². The molecule has 0 amide bonds.